The summed E-state index contributed by atoms with van der Waals surface area (Å²) in [5.74, 6) is 0.115. The molecule has 0 spiro atoms. The molecule has 2 aliphatic heterocycles. The lowest BCUT2D eigenvalue weighted by Gasteiger charge is -2.37. The molecule has 0 aromatic heterocycles. The van der Waals surface area contributed by atoms with Crippen molar-refractivity contribution in [2.75, 3.05) is 39.9 Å². The first-order valence-corrected chi connectivity index (χ1v) is 8.45. The van der Waals surface area contributed by atoms with Crippen molar-refractivity contribution in [3.63, 3.8) is 0 Å². The summed E-state index contributed by atoms with van der Waals surface area (Å²) in [6.07, 6.45) is 1.86. The van der Waals surface area contributed by atoms with Crippen LogP contribution in [0.5, 0.6) is 0 Å². The number of nitrogens with zero attached hydrogens (tertiary/aromatic N) is 2. The SMILES string of the molecule is COC1CCCN(C(=O)C2CN(Cc3ccccc3)CCO2)C1. The fourth-order valence-corrected chi connectivity index (χ4v) is 3.37. The highest BCUT2D eigenvalue weighted by atomic mass is 16.5. The van der Waals surface area contributed by atoms with Gasteiger partial charge in [0.1, 0.15) is 6.10 Å². The van der Waals surface area contributed by atoms with E-state index in [0.29, 0.717) is 19.7 Å². The number of morpholine rings is 1. The van der Waals surface area contributed by atoms with Gasteiger partial charge < -0.3 is 14.4 Å². The van der Waals surface area contributed by atoms with Crippen LogP contribution in [0.15, 0.2) is 30.3 Å². The summed E-state index contributed by atoms with van der Waals surface area (Å²) in [7, 11) is 1.72. The Balaban J connectivity index is 1.56. The third kappa shape index (κ3) is 4.31. The molecule has 2 atom stereocenters. The van der Waals surface area contributed by atoms with Gasteiger partial charge in [-0.3, -0.25) is 9.69 Å². The van der Waals surface area contributed by atoms with E-state index in [2.05, 4.69) is 29.2 Å². The number of carbonyl (C=O) groups is 1. The standard InChI is InChI=1S/C18H26N2O3/c1-22-16-8-5-9-20(13-16)18(21)17-14-19(10-11-23-17)12-15-6-3-2-4-7-15/h2-4,6-7,16-17H,5,8-14H2,1H3. The third-order valence-corrected chi connectivity index (χ3v) is 4.70. The topological polar surface area (TPSA) is 42.0 Å². The van der Waals surface area contributed by atoms with Gasteiger partial charge in [-0.25, -0.2) is 0 Å². The van der Waals surface area contributed by atoms with Crippen molar-refractivity contribution in [1.29, 1.82) is 0 Å². The third-order valence-electron chi connectivity index (χ3n) is 4.70. The lowest BCUT2D eigenvalue weighted by atomic mass is 10.1. The molecule has 2 fully saturated rings. The molecule has 0 N–H and O–H groups in total. The molecule has 0 aliphatic carbocycles. The lowest BCUT2D eigenvalue weighted by Crippen LogP contribution is -2.53. The predicted octanol–water partition coefficient (Wildman–Crippen LogP) is 1.52. The minimum atomic E-state index is -0.344. The van der Waals surface area contributed by atoms with E-state index < -0.39 is 0 Å². The van der Waals surface area contributed by atoms with E-state index in [1.807, 2.05) is 11.0 Å². The zero-order chi connectivity index (χ0) is 16.1. The van der Waals surface area contributed by atoms with Crippen molar-refractivity contribution >= 4 is 5.91 Å². The van der Waals surface area contributed by atoms with E-state index >= 15 is 0 Å². The first-order valence-electron chi connectivity index (χ1n) is 8.45. The molecule has 1 aromatic rings. The molecule has 2 heterocycles. The van der Waals surface area contributed by atoms with Gasteiger partial charge >= 0.3 is 0 Å². The van der Waals surface area contributed by atoms with Crippen LogP contribution in [0, 0.1) is 0 Å². The number of hydrogen-bond donors (Lipinski definition) is 0. The number of piperidine rings is 1. The zero-order valence-corrected chi connectivity index (χ0v) is 13.8. The van der Waals surface area contributed by atoms with Crippen LogP contribution in [0.4, 0.5) is 0 Å². The number of ether oxygens (including phenoxy) is 2. The average Bonchev–Trinajstić information content (AvgIpc) is 2.62. The first-order chi connectivity index (χ1) is 11.3. The molecule has 126 valence electrons. The number of carbonyl (C=O) groups excluding carboxylic acids is 1. The lowest BCUT2D eigenvalue weighted by molar-refractivity contribution is -0.153. The van der Waals surface area contributed by atoms with Gasteiger partial charge in [-0.2, -0.15) is 0 Å². The Morgan fingerprint density at radius 2 is 2.09 bits per heavy atom. The fraction of sp³-hybridized carbons (Fsp3) is 0.611. The summed E-state index contributed by atoms with van der Waals surface area (Å²) in [5.41, 5.74) is 1.28. The summed E-state index contributed by atoms with van der Waals surface area (Å²) in [6, 6.07) is 10.4. The van der Waals surface area contributed by atoms with E-state index in [-0.39, 0.29) is 18.1 Å². The monoisotopic (exact) mass is 318 g/mol. The maximum atomic E-state index is 12.7. The number of hydrogen-bond acceptors (Lipinski definition) is 4. The van der Waals surface area contributed by atoms with Crippen molar-refractivity contribution in [2.24, 2.45) is 0 Å². The predicted molar refractivity (Wildman–Crippen MR) is 88.1 cm³/mol. The molecule has 0 radical (unpaired) electrons. The van der Waals surface area contributed by atoms with Crippen LogP contribution in [0.2, 0.25) is 0 Å². The number of methoxy groups -OCH3 is 1. The van der Waals surface area contributed by atoms with Crippen molar-refractivity contribution < 1.29 is 14.3 Å². The largest absolute Gasteiger partial charge is 0.380 e. The highest BCUT2D eigenvalue weighted by Gasteiger charge is 2.32. The molecule has 0 saturated carbocycles. The maximum Gasteiger partial charge on any atom is 0.253 e. The highest BCUT2D eigenvalue weighted by molar-refractivity contribution is 5.81. The van der Waals surface area contributed by atoms with E-state index in [0.717, 1.165) is 32.5 Å². The van der Waals surface area contributed by atoms with Crippen LogP contribution in [0.25, 0.3) is 0 Å². The normalized spacial score (nSPS) is 26.2. The molecule has 2 unspecified atom stereocenters. The Bertz CT molecular complexity index is 508. The molecule has 2 saturated heterocycles. The summed E-state index contributed by atoms with van der Waals surface area (Å²) < 4.78 is 11.2. The van der Waals surface area contributed by atoms with Crippen molar-refractivity contribution in [3.8, 4) is 0 Å². The Hall–Kier alpha value is -1.43. The van der Waals surface area contributed by atoms with Crippen LogP contribution in [0.3, 0.4) is 0 Å². The number of amides is 1. The molecule has 3 rings (SSSR count). The Labute approximate surface area is 138 Å². The molecule has 1 amide bonds. The molecule has 2 aliphatic rings. The highest BCUT2D eigenvalue weighted by Crippen LogP contribution is 2.17. The van der Waals surface area contributed by atoms with Gasteiger partial charge in [-0.15, -0.1) is 0 Å². The van der Waals surface area contributed by atoms with Gasteiger partial charge in [0, 0.05) is 39.8 Å². The maximum absolute atomic E-state index is 12.7. The second-order valence-corrected chi connectivity index (χ2v) is 6.36. The van der Waals surface area contributed by atoms with Gasteiger partial charge in [-0.05, 0) is 18.4 Å². The molecule has 23 heavy (non-hydrogen) atoms. The van der Waals surface area contributed by atoms with Crippen LogP contribution in [-0.4, -0.2) is 67.8 Å². The minimum absolute atomic E-state index is 0.115. The first kappa shape index (κ1) is 16.4. The summed E-state index contributed by atoms with van der Waals surface area (Å²) in [6.45, 7) is 4.53. The van der Waals surface area contributed by atoms with E-state index in [1.165, 1.54) is 5.56 Å². The minimum Gasteiger partial charge on any atom is -0.380 e. The van der Waals surface area contributed by atoms with E-state index in [1.54, 1.807) is 7.11 Å². The Morgan fingerprint density at radius 1 is 1.26 bits per heavy atom. The smallest absolute Gasteiger partial charge is 0.253 e. The van der Waals surface area contributed by atoms with Crippen molar-refractivity contribution in [1.82, 2.24) is 9.80 Å². The number of benzene rings is 1. The van der Waals surface area contributed by atoms with Gasteiger partial charge in [-0.1, -0.05) is 30.3 Å². The fourth-order valence-electron chi connectivity index (χ4n) is 3.37. The molecule has 0 bridgehead atoms. The molecular weight excluding hydrogens is 292 g/mol. The van der Waals surface area contributed by atoms with Gasteiger partial charge in [0.2, 0.25) is 0 Å². The molecule has 5 heteroatoms. The number of rotatable bonds is 4. The Morgan fingerprint density at radius 3 is 2.87 bits per heavy atom. The van der Waals surface area contributed by atoms with Gasteiger partial charge in [0.25, 0.3) is 5.91 Å². The van der Waals surface area contributed by atoms with Crippen molar-refractivity contribution in [3.05, 3.63) is 35.9 Å². The summed E-state index contributed by atoms with van der Waals surface area (Å²) in [4.78, 5) is 16.9. The summed E-state index contributed by atoms with van der Waals surface area (Å²) >= 11 is 0. The van der Waals surface area contributed by atoms with E-state index in [9.17, 15) is 4.79 Å². The number of likely N-dealkylation sites (tertiary alicyclic amines) is 1. The molecule has 5 nitrogen and oxygen atoms in total. The van der Waals surface area contributed by atoms with Crippen LogP contribution in [-0.2, 0) is 20.8 Å². The molecular formula is C18H26N2O3. The van der Waals surface area contributed by atoms with Crippen LogP contribution in [0.1, 0.15) is 18.4 Å². The van der Waals surface area contributed by atoms with Crippen LogP contribution < -0.4 is 0 Å². The second-order valence-electron chi connectivity index (χ2n) is 6.36. The van der Waals surface area contributed by atoms with Crippen molar-refractivity contribution in [2.45, 2.75) is 31.6 Å². The quantitative estimate of drug-likeness (QED) is 0.844. The second kappa shape index (κ2) is 7.90. The van der Waals surface area contributed by atoms with Crippen LogP contribution >= 0.6 is 0 Å². The summed E-state index contributed by atoms with van der Waals surface area (Å²) in [5, 5.41) is 0. The average molecular weight is 318 g/mol. The van der Waals surface area contributed by atoms with Gasteiger partial charge in [0.15, 0.2) is 0 Å². The Kier molecular flexibility index (Phi) is 5.65. The zero-order valence-electron chi connectivity index (χ0n) is 13.8. The van der Waals surface area contributed by atoms with E-state index in [4.69, 9.17) is 9.47 Å². The van der Waals surface area contributed by atoms with Gasteiger partial charge in [0.05, 0.1) is 12.7 Å². The molecule has 1 aromatic carbocycles.